The third kappa shape index (κ3) is 5.48. The summed E-state index contributed by atoms with van der Waals surface area (Å²) in [6.07, 6.45) is 2.22. The molecule has 1 aliphatic rings. The molecule has 3 aromatic rings. The number of halogens is 1. The zero-order chi connectivity index (χ0) is 21.8. The quantitative estimate of drug-likeness (QED) is 0.568. The lowest BCUT2D eigenvalue weighted by molar-refractivity contribution is 0.113. The van der Waals surface area contributed by atoms with E-state index in [9.17, 15) is 9.18 Å². The molecule has 1 aliphatic heterocycles. The summed E-state index contributed by atoms with van der Waals surface area (Å²) in [5, 5.41) is 4.80. The molecule has 1 atom stereocenters. The number of aryl methyl sites for hydroxylation is 1. The molecule has 4 rings (SSSR count). The van der Waals surface area contributed by atoms with Gasteiger partial charge < -0.3 is 19.9 Å². The van der Waals surface area contributed by atoms with E-state index in [1.807, 2.05) is 36.1 Å². The maximum Gasteiger partial charge on any atom is 0.253 e. The van der Waals surface area contributed by atoms with Crippen molar-refractivity contribution in [1.82, 2.24) is 15.2 Å². The number of rotatable bonds is 6. The second kappa shape index (κ2) is 9.58. The molecule has 1 aromatic heterocycles. The average Bonchev–Trinajstić information content (AvgIpc) is 3.27. The number of aromatic nitrogens is 1. The summed E-state index contributed by atoms with van der Waals surface area (Å²) in [6, 6.07) is 14.2. The van der Waals surface area contributed by atoms with Gasteiger partial charge in [-0.2, -0.15) is 0 Å². The highest BCUT2D eigenvalue weighted by Crippen LogP contribution is 2.16. The number of hydrogen-bond acceptors (Lipinski definition) is 3. The average molecular weight is 440 g/mol. The Morgan fingerprint density at radius 2 is 2.03 bits per heavy atom. The molecule has 2 heterocycles. The molecule has 162 valence electrons. The standard InChI is InChI=1S/C24H26FN3O2S/c1-16-4-7-18-12-19(23(29)27-22(18)11-16)15-28(14-17-5-8-20(25)9-6-17)24(31)26-13-21-3-2-10-30-21/h4-9,11-12,21H,2-3,10,13-15H2,1H3,(H,26,31)(H,27,29)/t21-/m1/s1. The van der Waals surface area contributed by atoms with Crippen molar-refractivity contribution in [1.29, 1.82) is 0 Å². The maximum absolute atomic E-state index is 13.3. The van der Waals surface area contributed by atoms with E-state index in [0.29, 0.717) is 30.3 Å². The van der Waals surface area contributed by atoms with Crippen LogP contribution in [0.5, 0.6) is 0 Å². The number of nitrogens with one attached hydrogen (secondary N) is 2. The predicted molar refractivity (Wildman–Crippen MR) is 125 cm³/mol. The normalized spacial score (nSPS) is 15.9. The molecule has 0 unspecified atom stereocenters. The zero-order valence-corrected chi connectivity index (χ0v) is 18.3. The van der Waals surface area contributed by atoms with Crippen molar-refractivity contribution in [3.8, 4) is 0 Å². The Morgan fingerprint density at radius 1 is 1.23 bits per heavy atom. The van der Waals surface area contributed by atoms with Gasteiger partial charge in [-0.25, -0.2) is 4.39 Å². The van der Waals surface area contributed by atoms with Gasteiger partial charge in [-0.15, -0.1) is 0 Å². The first-order chi connectivity index (χ1) is 15.0. The Labute approximate surface area is 186 Å². The predicted octanol–water partition coefficient (Wildman–Crippen LogP) is 4.03. The van der Waals surface area contributed by atoms with Crippen LogP contribution in [-0.2, 0) is 17.8 Å². The van der Waals surface area contributed by atoms with Gasteiger partial charge in [0.25, 0.3) is 5.56 Å². The molecular formula is C24H26FN3O2S. The van der Waals surface area contributed by atoms with Gasteiger partial charge in [-0.3, -0.25) is 4.79 Å². The first kappa shape index (κ1) is 21.5. The Bertz CT molecular complexity index is 1120. The number of benzene rings is 2. The van der Waals surface area contributed by atoms with Gasteiger partial charge in [0.2, 0.25) is 0 Å². The van der Waals surface area contributed by atoms with Crippen LogP contribution >= 0.6 is 12.2 Å². The van der Waals surface area contributed by atoms with Crippen LogP contribution in [0.15, 0.2) is 53.3 Å². The fourth-order valence-electron chi connectivity index (χ4n) is 3.81. The highest BCUT2D eigenvalue weighted by Gasteiger charge is 2.18. The van der Waals surface area contributed by atoms with Crippen molar-refractivity contribution in [3.63, 3.8) is 0 Å². The van der Waals surface area contributed by atoms with E-state index in [-0.39, 0.29) is 17.5 Å². The van der Waals surface area contributed by atoms with Crippen LogP contribution in [-0.4, -0.2) is 34.3 Å². The van der Waals surface area contributed by atoms with Crippen LogP contribution in [0.25, 0.3) is 10.9 Å². The summed E-state index contributed by atoms with van der Waals surface area (Å²) in [4.78, 5) is 17.7. The minimum Gasteiger partial charge on any atom is -0.376 e. The lowest BCUT2D eigenvalue weighted by Crippen LogP contribution is -2.42. The molecule has 0 amide bonds. The molecule has 1 saturated heterocycles. The van der Waals surface area contributed by atoms with Gasteiger partial charge in [0.1, 0.15) is 5.82 Å². The van der Waals surface area contributed by atoms with Crippen molar-refractivity contribution in [2.75, 3.05) is 13.2 Å². The molecular weight excluding hydrogens is 413 g/mol. The summed E-state index contributed by atoms with van der Waals surface area (Å²) in [6.45, 7) is 4.21. The summed E-state index contributed by atoms with van der Waals surface area (Å²) in [5.41, 5.74) is 3.31. The van der Waals surface area contributed by atoms with Gasteiger partial charge in [0.15, 0.2) is 5.11 Å². The summed E-state index contributed by atoms with van der Waals surface area (Å²) in [5.74, 6) is -0.282. The van der Waals surface area contributed by atoms with Crippen LogP contribution in [0, 0.1) is 12.7 Å². The lowest BCUT2D eigenvalue weighted by atomic mass is 10.1. The van der Waals surface area contributed by atoms with Crippen molar-refractivity contribution in [3.05, 3.63) is 81.4 Å². The number of fused-ring (bicyclic) bond motifs is 1. The molecule has 31 heavy (non-hydrogen) atoms. The molecule has 2 aromatic carbocycles. The number of aromatic amines is 1. The highest BCUT2D eigenvalue weighted by atomic mass is 32.1. The maximum atomic E-state index is 13.3. The smallest absolute Gasteiger partial charge is 0.253 e. The molecule has 2 N–H and O–H groups in total. The molecule has 7 heteroatoms. The molecule has 0 bridgehead atoms. The first-order valence-electron chi connectivity index (χ1n) is 10.5. The third-order valence-corrected chi connectivity index (χ3v) is 5.92. The van der Waals surface area contributed by atoms with Crippen molar-refractivity contribution < 1.29 is 9.13 Å². The van der Waals surface area contributed by atoms with Crippen LogP contribution < -0.4 is 10.9 Å². The second-order valence-electron chi connectivity index (χ2n) is 8.02. The minimum atomic E-state index is -0.282. The Morgan fingerprint density at radius 3 is 2.77 bits per heavy atom. The SMILES string of the molecule is Cc1ccc2cc(CN(Cc3ccc(F)cc3)C(=S)NC[C@H]3CCCO3)c(=O)[nH]c2c1. The van der Waals surface area contributed by atoms with Crippen molar-refractivity contribution in [2.24, 2.45) is 0 Å². The van der Waals surface area contributed by atoms with E-state index < -0.39 is 0 Å². The van der Waals surface area contributed by atoms with E-state index in [1.54, 1.807) is 12.1 Å². The Hall–Kier alpha value is -2.77. The van der Waals surface area contributed by atoms with Crippen molar-refractivity contribution >= 4 is 28.2 Å². The van der Waals surface area contributed by atoms with Gasteiger partial charge in [0.05, 0.1) is 12.6 Å². The fraction of sp³-hybridized carbons (Fsp3) is 0.333. The third-order valence-electron chi connectivity index (χ3n) is 5.52. The molecule has 0 saturated carbocycles. The fourth-order valence-corrected chi connectivity index (χ4v) is 4.02. The van der Waals surface area contributed by atoms with Gasteiger partial charge >= 0.3 is 0 Å². The van der Waals surface area contributed by atoms with E-state index in [4.69, 9.17) is 17.0 Å². The lowest BCUT2D eigenvalue weighted by Gasteiger charge is -2.27. The monoisotopic (exact) mass is 439 g/mol. The van der Waals surface area contributed by atoms with Gasteiger partial charge in [-0.1, -0.05) is 24.3 Å². The van der Waals surface area contributed by atoms with Crippen LogP contribution in [0.1, 0.15) is 29.5 Å². The Kier molecular flexibility index (Phi) is 6.63. The van der Waals surface area contributed by atoms with Crippen LogP contribution in [0.4, 0.5) is 4.39 Å². The second-order valence-corrected chi connectivity index (χ2v) is 8.40. The number of nitrogens with zero attached hydrogens (tertiary/aromatic N) is 1. The number of H-pyrrole nitrogens is 1. The minimum absolute atomic E-state index is 0.135. The zero-order valence-electron chi connectivity index (χ0n) is 17.5. The van der Waals surface area contributed by atoms with Gasteiger partial charge in [0, 0.05) is 30.8 Å². The van der Waals surface area contributed by atoms with Crippen LogP contribution in [0.3, 0.4) is 0 Å². The summed E-state index contributed by atoms with van der Waals surface area (Å²) >= 11 is 5.66. The topological polar surface area (TPSA) is 57.4 Å². The van der Waals surface area contributed by atoms with E-state index in [2.05, 4.69) is 10.3 Å². The number of pyridine rings is 1. The van der Waals surface area contributed by atoms with E-state index in [1.165, 1.54) is 12.1 Å². The highest BCUT2D eigenvalue weighted by molar-refractivity contribution is 7.80. The van der Waals surface area contributed by atoms with Gasteiger partial charge in [-0.05, 0) is 72.8 Å². The summed E-state index contributed by atoms with van der Waals surface area (Å²) < 4.78 is 19.0. The molecule has 0 aliphatic carbocycles. The molecule has 1 fully saturated rings. The number of hydrogen-bond donors (Lipinski definition) is 2. The number of thiocarbonyl (C=S) groups is 1. The van der Waals surface area contributed by atoms with E-state index in [0.717, 1.165) is 41.5 Å². The number of ether oxygens (including phenoxy) is 1. The Balaban J connectivity index is 1.56. The molecule has 0 spiro atoms. The molecule has 5 nitrogen and oxygen atoms in total. The van der Waals surface area contributed by atoms with E-state index >= 15 is 0 Å². The van der Waals surface area contributed by atoms with Crippen LogP contribution in [0.2, 0.25) is 0 Å². The summed E-state index contributed by atoms with van der Waals surface area (Å²) in [7, 11) is 0. The largest absolute Gasteiger partial charge is 0.376 e. The first-order valence-corrected chi connectivity index (χ1v) is 10.9. The molecule has 0 radical (unpaired) electrons. The van der Waals surface area contributed by atoms with Crippen molar-refractivity contribution in [2.45, 2.75) is 39.0 Å².